The highest BCUT2D eigenvalue weighted by atomic mass is 32.2. The van der Waals surface area contributed by atoms with Crippen molar-refractivity contribution < 1.29 is 14.3 Å². The Morgan fingerprint density at radius 2 is 1.70 bits per heavy atom. The fraction of sp³-hybridized carbons (Fsp3) is 0.857. The molecule has 0 saturated heterocycles. The fourth-order valence-electron chi connectivity index (χ4n) is 1.23. The lowest BCUT2D eigenvalue weighted by Gasteiger charge is -2.22. The van der Waals surface area contributed by atoms with Gasteiger partial charge in [0, 0.05) is 24.3 Å². The fourth-order valence-corrected chi connectivity index (χ4v) is 1.44. The van der Waals surface area contributed by atoms with E-state index in [1.54, 1.807) is 11.8 Å². The van der Waals surface area contributed by atoms with Gasteiger partial charge >= 0.3 is 6.09 Å². The first-order valence-corrected chi connectivity index (χ1v) is 8.07. The van der Waals surface area contributed by atoms with E-state index in [-0.39, 0.29) is 10.7 Å². The Morgan fingerprint density at radius 3 is 2.20 bits per heavy atom. The molecule has 0 heterocycles. The van der Waals surface area contributed by atoms with Crippen LogP contribution in [0, 0.1) is 0 Å². The van der Waals surface area contributed by atoms with Gasteiger partial charge in [-0.1, -0.05) is 0 Å². The molecule has 6 heteroatoms. The molecule has 0 rings (SSSR count). The third kappa shape index (κ3) is 11.0. The molecule has 20 heavy (non-hydrogen) atoms. The zero-order valence-corrected chi connectivity index (χ0v) is 14.3. The van der Waals surface area contributed by atoms with E-state index in [0.29, 0.717) is 25.9 Å². The third-order valence-corrected chi connectivity index (χ3v) is 3.76. The van der Waals surface area contributed by atoms with E-state index < -0.39 is 11.7 Å². The normalized spacial score (nSPS) is 11.9. The topological polar surface area (TPSA) is 67.4 Å². The summed E-state index contributed by atoms with van der Waals surface area (Å²) in [7, 11) is 0. The van der Waals surface area contributed by atoms with Crippen LogP contribution in [0.3, 0.4) is 0 Å². The second kappa shape index (κ2) is 8.39. The zero-order chi connectivity index (χ0) is 15.8. The van der Waals surface area contributed by atoms with Crippen LogP contribution in [0.1, 0.15) is 47.5 Å². The molecule has 2 N–H and O–H groups in total. The first kappa shape index (κ1) is 19.1. The largest absolute Gasteiger partial charge is 0.444 e. The summed E-state index contributed by atoms with van der Waals surface area (Å²) >= 11 is 1.72. The van der Waals surface area contributed by atoms with Crippen LogP contribution in [0.15, 0.2) is 0 Å². The minimum atomic E-state index is -0.495. The van der Waals surface area contributed by atoms with Crippen LogP contribution >= 0.6 is 11.8 Å². The maximum absolute atomic E-state index is 11.6. The lowest BCUT2D eigenvalue weighted by atomic mass is 10.2. The summed E-state index contributed by atoms with van der Waals surface area (Å²) in [5, 5.41) is 5.53. The Kier molecular flexibility index (Phi) is 8.01. The number of thioether (sulfide) groups is 1. The predicted molar refractivity (Wildman–Crippen MR) is 84.1 cm³/mol. The molecule has 0 spiro atoms. The molecule has 0 fully saturated rings. The maximum Gasteiger partial charge on any atom is 0.407 e. The van der Waals surface area contributed by atoms with Crippen LogP contribution in [0.5, 0.6) is 0 Å². The standard InChI is InChI=1S/C14H28N2O3S/c1-13(2,3)19-12(18)15-9-7-8-11(17)16-10-14(4,5)20-6/h7-10H2,1-6H3,(H,15,18)(H,16,17). The molecule has 0 aliphatic heterocycles. The van der Waals surface area contributed by atoms with E-state index >= 15 is 0 Å². The Labute approximate surface area is 126 Å². The number of carbonyl (C=O) groups excluding carboxylic acids is 2. The lowest BCUT2D eigenvalue weighted by Crippen LogP contribution is -2.36. The van der Waals surface area contributed by atoms with Gasteiger partial charge in [-0.25, -0.2) is 4.79 Å². The van der Waals surface area contributed by atoms with Crippen LogP contribution in [0.25, 0.3) is 0 Å². The van der Waals surface area contributed by atoms with Gasteiger partial charge in [-0.15, -0.1) is 0 Å². The van der Waals surface area contributed by atoms with E-state index in [0.717, 1.165) is 0 Å². The average Bonchev–Trinajstić information content (AvgIpc) is 2.30. The summed E-state index contributed by atoms with van der Waals surface area (Å²) in [5.41, 5.74) is -0.495. The highest BCUT2D eigenvalue weighted by Gasteiger charge is 2.17. The van der Waals surface area contributed by atoms with Crippen LogP contribution in [0.2, 0.25) is 0 Å². The van der Waals surface area contributed by atoms with Gasteiger partial charge in [-0.05, 0) is 47.3 Å². The SMILES string of the molecule is CSC(C)(C)CNC(=O)CCCNC(=O)OC(C)(C)C. The van der Waals surface area contributed by atoms with E-state index in [4.69, 9.17) is 4.74 Å². The molecular formula is C14H28N2O3S. The molecular weight excluding hydrogens is 276 g/mol. The quantitative estimate of drug-likeness (QED) is 0.709. The summed E-state index contributed by atoms with van der Waals surface area (Å²) in [6, 6.07) is 0. The van der Waals surface area contributed by atoms with Crippen LogP contribution in [0.4, 0.5) is 4.79 Å². The van der Waals surface area contributed by atoms with Gasteiger partial charge in [0.1, 0.15) is 5.60 Å². The zero-order valence-electron chi connectivity index (χ0n) is 13.5. The average molecular weight is 304 g/mol. The highest BCUT2D eigenvalue weighted by Crippen LogP contribution is 2.19. The molecule has 0 aromatic heterocycles. The number of nitrogens with one attached hydrogen (secondary N) is 2. The Hall–Kier alpha value is -0.910. The van der Waals surface area contributed by atoms with E-state index in [1.165, 1.54) is 0 Å². The van der Waals surface area contributed by atoms with Crippen molar-refractivity contribution in [3.05, 3.63) is 0 Å². The number of carbonyl (C=O) groups is 2. The van der Waals surface area contributed by atoms with Gasteiger partial charge in [0.2, 0.25) is 5.91 Å². The molecule has 2 amide bonds. The highest BCUT2D eigenvalue weighted by molar-refractivity contribution is 7.99. The number of amides is 2. The second-order valence-electron chi connectivity index (χ2n) is 6.27. The maximum atomic E-state index is 11.6. The molecule has 118 valence electrons. The summed E-state index contributed by atoms with van der Waals surface area (Å²) in [5.74, 6) is 0.0121. The minimum Gasteiger partial charge on any atom is -0.444 e. The number of hydrogen-bond donors (Lipinski definition) is 2. The third-order valence-electron chi connectivity index (χ3n) is 2.51. The van der Waals surface area contributed by atoms with E-state index in [2.05, 4.69) is 24.5 Å². The van der Waals surface area contributed by atoms with Crippen molar-refractivity contribution in [2.45, 2.75) is 57.8 Å². The van der Waals surface area contributed by atoms with Gasteiger partial charge in [0.05, 0.1) is 0 Å². The molecule has 0 bridgehead atoms. The minimum absolute atomic E-state index is 0.0121. The number of ether oxygens (including phenoxy) is 1. The van der Waals surface area contributed by atoms with Gasteiger partial charge in [0.15, 0.2) is 0 Å². The summed E-state index contributed by atoms with van der Waals surface area (Å²) in [6.07, 6.45) is 2.59. The van der Waals surface area contributed by atoms with E-state index in [1.807, 2.05) is 27.0 Å². The summed E-state index contributed by atoms with van der Waals surface area (Å²) in [4.78, 5) is 23.0. The summed E-state index contributed by atoms with van der Waals surface area (Å²) in [6.45, 7) is 10.7. The Bertz CT molecular complexity index is 325. The summed E-state index contributed by atoms with van der Waals surface area (Å²) < 4.78 is 5.14. The van der Waals surface area contributed by atoms with Crippen LogP contribution < -0.4 is 10.6 Å². The Morgan fingerprint density at radius 1 is 1.10 bits per heavy atom. The van der Waals surface area contributed by atoms with Crippen molar-refractivity contribution in [2.75, 3.05) is 19.3 Å². The molecule has 0 radical (unpaired) electrons. The van der Waals surface area contributed by atoms with Crippen molar-refractivity contribution in [3.8, 4) is 0 Å². The molecule has 0 unspecified atom stereocenters. The van der Waals surface area contributed by atoms with Crippen molar-refractivity contribution in [2.24, 2.45) is 0 Å². The molecule has 0 atom stereocenters. The van der Waals surface area contributed by atoms with Crippen LogP contribution in [-0.4, -0.2) is 41.7 Å². The first-order chi connectivity index (χ1) is 9.06. The predicted octanol–water partition coefficient (Wildman–Crippen LogP) is 2.55. The number of rotatable bonds is 7. The molecule has 0 aromatic carbocycles. The smallest absolute Gasteiger partial charge is 0.407 e. The second-order valence-corrected chi connectivity index (χ2v) is 7.79. The molecule has 0 aromatic rings. The van der Waals surface area contributed by atoms with Crippen molar-refractivity contribution in [3.63, 3.8) is 0 Å². The van der Waals surface area contributed by atoms with Gasteiger partial charge in [0.25, 0.3) is 0 Å². The molecule has 0 saturated carbocycles. The van der Waals surface area contributed by atoms with Gasteiger partial charge < -0.3 is 15.4 Å². The lowest BCUT2D eigenvalue weighted by molar-refractivity contribution is -0.121. The van der Waals surface area contributed by atoms with Gasteiger partial charge in [-0.3, -0.25) is 4.79 Å². The monoisotopic (exact) mass is 304 g/mol. The van der Waals surface area contributed by atoms with E-state index in [9.17, 15) is 9.59 Å². The van der Waals surface area contributed by atoms with Crippen molar-refractivity contribution in [1.29, 1.82) is 0 Å². The number of hydrogen-bond acceptors (Lipinski definition) is 4. The van der Waals surface area contributed by atoms with Crippen molar-refractivity contribution in [1.82, 2.24) is 10.6 Å². The Balaban J connectivity index is 3.70. The van der Waals surface area contributed by atoms with Crippen molar-refractivity contribution >= 4 is 23.8 Å². The molecule has 5 nitrogen and oxygen atoms in total. The number of alkyl carbamates (subject to hydrolysis) is 1. The van der Waals surface area contributed by atoms with Gasteiger partial charge in [-0.2, -0.15) is 11.8 Å². The molecule has 0 aliphatic carbocycles. The molecule has 0 aliphatic rings. The van der Waals surface area contributed by atoms with Crippen LogP contribution in [-0.2, 0) is 9.53 Å². The first-order valence-electron chi connectivity index (χ1n) is 6.84.